The number of nitrogens with one attached hydrogen (secondary N) is 2. The number of hydrogen-bond donors (Lipinski definition) is 2. The number of nitriles is 1. The van der Waals surface area contributed by atoms with Gasteiger partial charge in [-0.25, -0.2) is 5.48 Å². The molecule has 78 valence electrons. The first-order valence-electron chi connectivity index (χ1n) is 4.14. The fraction of sp³-hybridized carbons (Fsp3) is 0.625. The Balaban J connectivity index is 3.64. The number of amides is 2. The highest BCUT2D eigenvalue weighted by molar-refractivity contribution is 6.34. The Morgan fingerprint density at radius 1 is 1.43 bits per heavy atom. The Morgan fingerprint density at radius 2 is 2.07 bits per heavy atom. The summed E-state index contributed by atoms with van der Waals surface area (Å²) in [7, 11) is 0. The zero-order valence-electron chi connectivity index (χ0n) is 8.16. The summed E-state index contributed by atoms with van der Waals surface area (Å²) in [5.41, 5.74) is 1.96. The normalized spacial score (nSPS) is 9.29. The van der Waals surface area contributed by atoms with Gasteiger partial charge in [0.2, 0.25) is 0 Å². The van der Waals surface area contributed by atoms with Crippen LogP contribution in [0.1, 0.15) is 13.8 Å². The standard InChI is InChI=1S/C8H13N3O3/c1-6(2)5-14-11-8(13)7(12)10-4-3-9/h6H,4-5H2,1-2H3,(H,10,12)(H,11,13). The van der Waals surface area contributed by atoms with Crippen LogP contribution in [0, 0.1) is 17.2 Å². The van der Waals surface area contributed by atoms with Crippen LogP contribution in [0.3, 0.4) is 0 Å². The van der Waals surface area contributed by atoms with Gasteiger partial charge in [-0.05, 0) is 5.92 Å². The largest absolute Gasteiger partial charge is 0.335 e. The quantitative estimate of drug-likeness (QED) is 0.357. The van der Waals surface area contributed by atoms with E-state index in [0.717, 1.165) is 0 Å². The molecule has 6 heteroatoms. The zero-order valence-corrected chi connectivity index (χ0v) is 8.16. The van der Waals surface area contributed by atoms with Gasteiger partial charge in [0.1, 0.15) is 6.54 Å². The molecule has 0 unspecified atom stereocenters. The van der Waals surface area contributed by atoms with Crippen molar-refractivity contribution in [1.29, 1.82) is 5.26 Å². The molecule has 0 aliphatic carbocycles. The van der Waals surface area contributed by atoms with Gasteiger partial charge in [0.15, 0.2) is 0 Å². The van der Waals surface area contributed by atoms with Gasteiger partial charge in [-0.1, -0.05) is 13.8 Å². The highest BCUT2D eigenvalue weighted by Gasteiger charge is 2.12. The van der Waals surface area contributed by atoms with E-state index in [9.17, 15) is 9.59 Å². The molecule has 0 aromatic carbocycles. The van der Waals surface area contributed by atoms with Crippen LogP contribution < -0.4 is 10.8 Å². The minimum Gasteiger partial charge on any atom is -0.335 e. The van der Waals surface area contributed by atoms with Crippen molar-refractivity contribution in [2.24, 2.45) is 5.92 Å². The van der Waals surface area contributed by atoms with Gasteiger partial charge in [0.05, 0.1) is 12.7 Å². The molecule has 0 spiro atoms. The second-order valence-corrected chi connectivity index (χ2v) is 2.98. The fourth-order valence-electron chi connectivity index (χ4n) is 0.520. The van der Waals surface area contributed by atoms with E-state index in [1.165, 1.54) is 0 Å². The second-order valence-electron chi connectivity index (χ2n) is 2.98. The van der Waals surface area contributed by atoms with Crippen LogP contribution in [0.4, 0.5) is 0 Å². The Labute approximate surface area is 82.2 Å². The van der Waals surface area contributed by atoms with Crippen molar-refractivity contribution in [3.8, 4) is 6.07 Å². The van der Waals surface area contributed by atoms with Crippen molar-refractivity contribution < 1.29 is 14.4 Å². The summed E-state index contributed by atoms with van der Waals surface area (Å²) < 4.78 is 0. The molecular weight excluding hydrogens is 186 g/mol. The average Bonchev–Trinajstić information content (AvgIpc) is 2.13. The Bertz CT molecular complexity index is 245. The molecule has 0 fully saturated rings. The van der Waals surface area contributed by atoms with Gasteiger partial charge in [-0.2, -0.15) is 5.26 Å². The third-order valence-electron chi connectivity index (χ3n) is 1.12. The van der Waals surface area contributed by atoms with Crippen LogP contribution in [-0.2, 0) is 14.4 Å². The van der Waals surface area contributed by atoms with E-state index in [-0.39, 0.29) is 12.5 Å². The predicted molar refractivity (Wildman–Crippen MR) is 47.6 cm³/mol. The van der Waals surface area contributed by atoms with Crippen molar-refractivity contribution >= 4 is 11.8 Å². The van der Waals surface area contributed by atoms with Gasteiger partial charge in [0.25, 0.3) is 0 Å². The van der Waals surface area contributed by atoms with Crippen LogP contribution in [0.15, 0.2) is 0 Å². The fourth-order valence-corrected chi connectivity index (χ4v) is 0.520. The third-order valence-corrected chi connectivity index (χ3v) is 1.12. The number of carbonyl (C=O) groups is 2. The SMILES string of the molecule is CC(C)CONC(=O)C(=O)NCC#N. The number of rotatable bonds is 4. The number of hydroxylamine groups is 1. The lowest BCUT2D eigenvalue weighted by Gasteiger charge is -2.06. The summed E-state index contributed by atoms with van der Waals surface area (Å²) in [5.74, 6) is -1.52. The first-order chi connectivity index (χ1) is 6.57. The molecule has 0 aromatic heterocycles. The maximum atomic E-state index is 10.9. The van der Waals surface area contributed by atoms with E-state index in [2.05, 4.69) is 5.32 Å². The van der Waals surface area contributed by atoms with Crippen molar-refractivity contribution in [2.75, 3.05) is 13.2 Å². The smallest absolute Gasteiger partial charge is 0.332 e. The van der Waals surface area contributed by atoms with Gasteiger partial charge in [0, 0.05) is 0 Å². The van der Waals surface area contributed by atoms with E-state index in [0.29, 0.717) is 6.61 Å². The molecule has 0 radical (unpaired) electrons. The molecule has 0 bridgehead atoms. The van der Waals surface area contributed by atoms with E-state index in [1.807, 2.05) is 19.3 Å². The van der Waals surface area contributed by atoms with E-state index in [1.54, 1.807) is 6.07 Å². The highest BCUT2D eigenvalue weighted by Crippen LogP contribution is 1.89. The Morgan fingerprint density at radius 3 is 2.57 bits per heavy atom. The van der Waals surface area contributed by atoms with Crippen molar-refractivity contribution in [3.05, 3.63) is 0 Å². The van der Waals surface area contributed by atoms with Gasteiger partial charge < -0.3 is 5.32 Å². The monoisotopic (exact) mass is 199 g/mol. The average molecular weight is 199 g/mol. The summed E-state index contributed by atoms with van der Waals surface area (Å²) in [6.07, 6.45) is 0. The lowest BCUT2D eigenvalue weighted by Crippen LogP contribution is -2.40. The summed E-state index contributed by atoms with van der Waals surface area (Å²) in [4.78, 5) is 26.4. The molecular formula is C8H13N3O3. The predicted octanol–water partition coefficient (Wildman–Crippen LogP) is -0.670. The molecule has 0 aliphatic heterocycles. The maximum absolute atomic E-state index is 10.9. The first kappa shape index (κ1) is 12.4. The molecule has 0 saturated heterocycles. The molecule has 2 N–H and O–H groups in total. The third kappa shape index (κ3) is 5.97. The Kier molecular flexibility index (Phi) is 6.07. The summed E-state index contributed by atoms with van der Waals surface area (Å²) in [5, 5.41) is 10.2. The van der Waals surface area contributed by atoms with Crippen LogP contribution in [0.25, 0.3) is 0 Å². The molecule has 6 nitrogen and oxygen atoms in total. The first-order valence-corrected chi connectivity index (χ1v) is 4.14. The van der Waals surface area contributed by atoms with Gasteiger partial charge in [-0.3, -0.25) is 14.4 Å². The Hall–Kier alpha value is -1.61. The summed E-state index contributed by atoms with van der Waals surface area (Å²) in [6.45, 7) is 3.94. The second kappa shape index (κ2) is 6.86. The summed E-state index contributed by atoms with van der Waals surface area (Å²) in [6, 6.07) is 1.68. The molecule has 0 atom stereocenters. The molecule has 0 aliphatic rings. The van der Waals surface area contributed by atoms with Crippen molar-refractivity contribution in [3.63, 3.8) is 0 Å². The van der Waals surface area contributed by atoms with Crippen LogP contribution >= 0.6 is 0 Å². The molecule has 2 amide bonds. The van der Waals surface area contributed by atoms with Crippen LogP contribution in [-0.4, -0.2) is 25.0 Å². The molecule has 0 heterocycles. The zero-order chi connectivity index (χ0) is 11.0. The van der Waals surface area contributed by atoms with Crippen molar-refractivity contribution in [1.82, 2.24) is 10.8 Å². The van der Waals surface area contributed by atoms with E-state index < -0.39 is 11.8 Å². The lowest BCUT2D eigenvalue weighted by atomic mass is 10.2. The highest BCUT2D eigenvalue weighted by atomic mass is 16.7. The number of carbonyl (C=O) groups excluding carboxylic acids is 2. The molecule has 14 heavy (non-hydrogen) atoms. The van der Waals surface area contributed by atoms with Crippen LogP contribution in [0.2, 0.25) is 0 Å². The number of hydrogen-bond acceptors (Lipinski definition) is 4. The van der Waals surface area contributed by atoms with E-state index >= 15 is 0 Å². The molecule has 0 aromatic rings. The molecule has 0 saturated carbocycles. The molecule has 0 rings (SSSR count). The minimum atomic E-state index is -0.902. The topological polar surface area (TPSA) is 91.2 Å². The van der Waals surface area contributed by atoms with Crippen LogP contribution in [0.5, 0.6) is 0 Å². The summed E-state index contributed by atoms with van der Waals surface area (Å²) >= 11 is 0. The lowest BCUT2D eigenvalue weighted by molar-refractivity contribution is -0.147. The number of nitrogens with zero attached hydrogens (tertiary/aromatic N) is 1. The minimum absolute atomic E-state index is 0.198. The maximum Gasteiger partial charge on any atom is 0.332 e. The van der Waals surface area contributed by atoms with Crippen molar-refractivity contribution in [2.45, 2.75) is 13.8 Å². The van der Waals surface area contributed by atoms with Gasteiger partial charge >= 0.3 is 11.8 Å². The van der Waals surface area contributed by atoms with E-state index in [4.69, 9.17) is 10.1 Å². The van der Waals surface area contributed by atoms with Gasteiger partial charge in [-0.15, -0.1) is 0 Å².